The van der Waals surface area contributed by atoms with E-state index in [1.165, 1.54) is 11.3 Å². The van der Waals surface area contributed by atoms with E-state index in [1.807, 2.05) is 22.4 Å². The SMILES string of the molecule is N#CC1(NC(=O)CN2CCN(C(=O)c3cccs3)CC2)CCCCC1. The van der Waals surface area contributed by atoms with Crippen LogP contribution in [-0.2, 0) is 4.79 Å². The van der Waals surface area contributed by atoms with Crippen molar-refractivity contribution < 1.29 is 9.59 Å². The van der Waals surface area contributed by atoms with Gasteiger partial charge in [0.05, 0.1) is 17.5 Å². The molecule has 1 aliphatic heterocycles. The van der Waals surface area contributed by atoms with E-state index in [9.17, 15) is 14.9 Å². The zero-order chi connectivity index (χ0) is 17.7. The molecule has 2 heterocycles. The Morgan fingerprint density at radius 1 is 1.20 bits per heavy atom. The van der Waals surface area contributed by atoms with Gasteiger partial charge in [-0.15, -0.1) is 11.3 Å². The van der Waals surface area contributed by atoms with E-state index in [1.54, 1.807) is 0 Å². The van der Waals surface area contributed by atoms with Gasteiger partial charge in [0.1, 0.15) is 5.54 Å². The van der Waals surface area contributed by atoms with Crippen molar-refractivity contribution in [1.82, 2.24) is 15.1 Å². The number of nitrogens with zero attached hydrogens (tertiary/aromatic N) is 3. The highest BCUT2D eigenvalue weighted by atomic mass is 32.1. The first-order valence-corrected chi connectivity index (χ1v) is 9.77. The monoisotopic (exact) mass is 360 g/mol. The van der Waals surface area contributed by atoms with Crippen molar-refractivity contribution in [2.75, 3.05) is 32.7 Å². The van der Waals surface area contributed by atoms with Crippen LogP contribution in [0.5, 0.6) is 0 Å². The van der Waals surface area contributed by atoms with Crippen molar-refractivity contribution in [3.8, 4) is 6.07 Å². The number of amides is 2. The predicted molar refractivity (Wildman–Crippen MR) is 96.2 cm³/mol. The van der Waals surface area contributed by atoms with E-state index in [2.05, 4.69) is 16.3 Å². The highest BCUT2D eigenvalue weighted by Crippen LogP contribution is 2.27. The van der Waals surface area contributed by atoms with Gasteiger partial charge >= 0.3 is 0 Å². The van der Waals surface area contributed by atoms with Crippen LogP contribution in [0, 0.1) is 11.3 Å². The quantitative estimate of drug-likeness (QED) is 0.889. The molecular weight excluding hydrogens is 336 g/mol. The summed E-state index contributed by atoms with van der Waals surface area (Å²) in [5.41, 5.74) is -0.674. The Morgan fingerprint density at radius 2 is 1.92 bits per heavy atom. The molecule has 2 amide bonds. The fraction of sp³-hybridized carbons (Fsp3) is 0.611. The molecule has 0 aromatic carbocycles. The first kappa shape index (κ1) is 17.9. The van der Waals surface area contributed by atoms with E-state index >= 15 is 0 Å². The lowest BCUT2D eigenvalue weighted by atomic mass is 9.83. The fourth-order valence-corrected chi connectivity index (χ4v) is 4.29. The molecule has 7 heteroatoms. The molecule has 1 aliphatic carbocycles. The van der Waals surface area contributed by atoms with Crippen LogP contribution in [0.25, 0.3) is 0 Å². The molecule has 0 atom stereocenters. The Bertz CT molecular complexity index is 639. The maximum Gasteiger partial charge on any atom is 0.264 e. The molecule has 0 bridgehead atoms. The molecule has 2 aliphatic rings. The number of hydrogen-bond acceptors (Lipinski definition) is 5. The van der Waals surface area contributed by atoms with Gasteiger partial charge in [0.15, 0.2) is 0 Å². The van der Waals surface area contributed by atoms with Gasteiger partial charge in [0.25, 0.3) is 5.91 Å². The average molecular weight is 360 g/mol. The summed E-state index contributed by atoms with van der Waals surface area (Å²) in [7, 11) is 0. The summed E-state index contributed by atoms with van der Waals surface area (Å²) >= 11 is 1.46. The molecular formula is C18H24N4O2S. The number of carbonyl (C=O) groups is 2. The number of thiophene rings is 1. The van der Waals surface area contributed by atoms with Gasteiger partial charge in [-0.05, 0) is 24.3 Å². The van der Waals surface area contributed by atoms with Crippen molar-refractivity contribution in [3.63, 3.8) is 0 Å². The summed E-state index contributed by atoms with van der Waals surface area (Å²) < 4.78 is 0. The fourth-order valence-electron chi connectivity index (χ4n) is 3.59. The minimum atomic E-state index is -0.674. The van der Waals surface area contributed by atoms with Crippen molar-refractivity contribution >= 4 is 23.2 Å². The van der Waals surface area contributed by atoms with Crippen molar-refractivity contribution in [1.29, 1.82) is 5.26 Å². The molecule has 3 rings (SSSR count). The van der Waals surface area contributed by atoms with Crippen LogP contribution in [0.15, 0.2) is 17.5 Å². The molecule has 0 unspecified atom stereocenters. The Kier molecular flexibility index (Phi) is 5.71. The zero-order valence-electron chi connectivity index (χ0n) is 14.4. The van der Waals surface area contributed by atoms with Gasteiger partial charge in [-0.25, -0.2) is 0 Å². The molecule has 0 spiro atoms. The van der Waals surface area contributed by atoms with Crippen LogP contribution in [0.1, 0.15) is 41.8 Å². The number of nitriles is 1. The Balaban J connectivity index is 1.46. The minimum Gasteiger partial charge on any atom is -0.337 e. The summed E-state index contributed by atoms with van der Waals surface area (Å²) in [5, 5.41) is 14.3. The Hall–Kier alpha value is -1.91. The molecule has 0 radical (unpaired) electrons. The molecule has 6 nitrogen and oxygen atoms in total. The number of rotatable bonds is 4. The Labute approximate surface area is 152 Å². The first-order valence-electron chi connectivity index (χ1n) is 8.89. The summed E-state index contributed by atoms with van der Waals surface area (Å²) in [6, 6.07) is 6.05. The first-order chi connectivity index (χ1) is 12.1. The lowest BCUT2D eigenvalue weighted by Crippen LogP contribution is -2.54. The average Bonchev–Trinajstić information content (AvgIpc) is 3.17. The molecule has 134 valence electrons. The predicted octanol–water partition coefficient (Wildman–Crippen LogP) is 1.85. The van der Waals surface area contributed by atoms with Gasteiger partial charge in [-0.2, -0.15) is 5.26 Å². The molecule has 1 aromatic rings. The van der Waals surface area contributed by atoms with Crippen LogP contribution in [-0.4, -0.2) is 59.9 Å². The summed E-state index contributed by atoms with van der Waals surface area (Å²) in [6.45, 7) is 2.93. The van der Waals surface area contributed by atoms with Crippen molar-refractivity contribution in [3.05, 3.63) is 22.4 Å². The van der Waals surface area contributed by atoms with Crippen LogP contribution in [0.4, 0.5) is 0 Å². The van der Waals surface area contributed by atoms with E-state index < -0.39 is 5.54 Å². The van der Waals surface area contributed by atoms with Crippen LogP contribution < -0.4 is 5.32 Å². The molecule has 1 N–H and O–H groups in total. The number of carbonyl (C=O) groups excluding carboxylic acids is 2. The maximum atomic E-state index is 12.4. The van der Waals surface area contributed by atoms with E-state index in [0.29, 0.717) is 32.7 Å². The summed E-state index contributed by atoms with van der Waals surface area (Å²) in [6.07, 6.45) is 4.63. The highest BCUT2D eigenvalue weighted by molar-refractivity contribution is 7.12. The second-order valence-electron chi connectivity index (χ2n) is 6.85. The lowest BCUT2D eigenvalue weighted by Gasteiger charge is -2.36. The minimum absolute atomic E-state index is 0.0738. The van der Waals surface area contributed by atoms with Crippen molar-refractivity contribution in [2.24, 2.45) is 0 Å². The van der Waals surface area contributed by atoms with E-state index in [-0.39, 0.29) is 11.8 Å². The highest BCUT2D eigenvalue weighted by Gasteiger charge is 2.34. The second kappa shape index (κ2) is 7.98. The smallest absolute Gasteiger partial charge is 0.264 e. The molecule has 25 heavy (non-hydrogen) atoms. The number of piperazine rings is 1. The molecule has 1 aromatic heterocycles. The number of hydrogen-bond donors (Lipinski definition) is 1. The standard InChI is InChI=1S/C18H24N4O2S/c19-14-18(6-2-1-3-7-18)20-16(23)13-21-8-10-22(11-9-21)17(24)15-5-4-12-25-15/h4-5,12H,1-3,6-11,13H2,(H,20,23). The zero-order valence-corrected chi connectivity index (χ0v) is 15.2. The van der Waals surface area contributed by atoms with Gasteiger partial charge in [-0.1, -0.05) is 25.3 Å². The van der Waals surface area contributed by atoms with Gasteiger partial charge in [-0.3, -0.25) is 14.5 Å². The van der Waals surface area contributed by atoms with Crippen molar-refractivity contribution in [2.45, 2.75) is 37.6 Å². The van der Waals surface area contributed by atoms with Crippen LogP contribution in [0.2, 0.25) is 0 Å². The second-order valence-corrected chi connectivity index (χ2v) is 7.80. The molecule has 1 saturated carbocycles. The van der Waals surface area contributed by atoms with Crippen LogP contribution >= 0.6 is 11.3 Å². The largest absolute Gasteiger partial charge is 0.337 e. The summed E-state index contributed by atoms with van der Waals surface area (Å²) in [5.74, 6) is -0.00813. The topological polar surface area (TPSA) is 76.4 Å². The van der Waals surface area contributed by atoms with Gasteiger partial charge < -0.3 is 10.2 Å². The van der Waals surface area contributed by atoms with Gasteiger partial charge in [0, 0.05) is 26.2 Å². The lowest BCUT2D eigenvalue weighted by molar-refractivity contribution is -0.124. The summed E-state index contributed by atoms with van der Waals surface area (Å²) in [4.78, 5) is 29.4. The third-order valence-electron chi connectivity index (χ3n) is 5.06. The van der Waals surface area contributed by atoms with E-state index in [0.717, 1.165) is 37.0 Å². The molecule has 2 fully saturated rings. The van der Waals surface area contributed by atoms with Gasteiger partial charge in [0.2, 0.25) is 5.91 Å². The Morgan fingerprint density at radius 3 is 2.52 bits per heavy atom. The third kappa shape index (κ3) is 4.39. The molecule has 1 saturated heterocycles. The number of nitrogens with one attached hydrogen (secondary N) is 1. The normalized spacial score (nSPS) is 20.7. The van der Waals surface area contributed by atoms with E-state index in [4.69, 9.17) is 0 Å². The maximum absolute atomic E-state index is 12.4. The third-order valence-corrected chi connectivity index (χ3v) is 5.92. The van der Waals surface area contributed by atoms with Crippen LogP contribution in [0.3, 0.4) is 0 Å².